The summed E-state index contributed by atoms with van der Waals surface area (Å²) in [5, 5.41) is 12.6. The standard InChI is InChI=1S/C26H28N6O2S2/c1-15-5-7-18(22(33)29-25-31-30-24(36-25)26(2,3)4)21(28-15)16-9-11-32(12-10-16)23(34)17-6-8-19-20(13-17)35-14-27-19/h5-8,13-14,16H,9-12H2,1-4H3,(H,29,31,33). The number of benzene rings is 1. The van der Waals surface area contributed by atoms with E-state index in [2.05, 4.69) is 41.3 Å². The zero-order valence-electron chi connectivity index (χ0n) is 20.7. The van der Waals surface area contributed by atoms with Crippen LogP contribution in [0.3, 0.4) is 0 Å². The number of carbonyl (C=O) groups excluding carboxylic acids is 2. The zero-order valence-corrected chi connectivity index (χ0v) is 22.4. The van der Waals surface area contributed by atoms with Gasteiger partial charge in [-0.15, -0.1) is 21.5 Å². The van der Waals surface area contributed by atoms with Crippen molar-refractivity contribution in [3.05, 3.63) is 63.4 Å². The molecule has 1 fully saturated rings. The second-order valence-corrected chi connectivity index (χ2v) is 12.0. The van der Waals surface area contributed by atoms with Crippen LogP contribution in [0.1, 0.15) is 76.6 Å². The van der Waals surface area contributed by atoms with Crippen LogP contribution in [0, 0.1) is 6.92 Å². The molecule has 0 atom stereocenters. The molecular weight excluding hydrogens is 492 g/mol. The van der Waals surface area contributed by atoms with Crippen LogP contribution in [0.5, 0.6) is 0 Å². The summed E-state index contributed by atoms with van der Waals surface area (Å²) < 4.78 is 1.01. The van der Waals surface area contributed by atoms with E-state index >= 15 is 0 Å². The van der Waals surface area contributed by atoms with Crippen LogP contribution in [0.2, 0.25) is 0 Å². The minimum atomic E-state index is -0.231. The first-order valence-corrected chi connectivity index (χ1v) is 13.6. The van der Waals surface area contributed by atoms with E-state index in [1.54, 1.807) is 5.51 Å². The number of nitrogens with one attached hydrogen (secondary N) is 1. The number of aromatic nitrogens is 4. The topological polar surface area (TPSA) is 101 Å². The molecule has 1 aromatic carbocycles. The number of fused-ring (bicyclic) bond motifs is 1. The Morgan fingerprint density at radius 3 is 2.58 bits per heavy atom. The summed E-state index contributed by atoms with van der Waals surface area (Å²) in [6, 6.07) is 9.35. The quantitative estimate of drug-likeness (QED) is 0.386. The number of hydrogen-bond donors (Lipinski definition) is 1. The highest BCUT2D eigenvalue weighted by Gasteiger charge is 2.29. The Morgan fingerprint density at radius 2 is 1.86 bits per heavy atom. The summed E-state index contributed by atoms with van der Waals surface area (Å²) in [5.41, 5.74) is 5.46. The molecule has 186 valence electrons. The number of nitrogens with zero attached hydrogens (tertiary/aromatic N) is 5. The number of amides is 2. The van der Waals surface area contributed by atoms with Crippen molar-refractivity contribution in [2.75, 3.05) is 18.4 Å². The Morgan fingerprint density at radius 1 is 1.08 bits per heavy atom. The summed E-state index contributed by atoms with van der Waals surface area (Å²) in [7, 11) is 0. The van der Waals surface area contributed by atoms with Crippen molar-refractivity contribution in [1.82, 2.24) is 25.1 Å². The smallest absolute Gasteiger partial charge is 0.259 e. The average molecular weight is 521 g/mol. The van der Waals surface area contributed by atoms with Crippen molar-refractivity contribution in [2.24, 2.45) is 0 Å². The summed E-state index contributed by atoms with van der Waals surface area (Å²) in [4.78, 5) is 37.3. The third kappa shape index (κ3) is 5.01. The number of pyridine rings is 1. The molecule has 1 aliphatic heterocycles. The Hall–Kier alpha value is -3.24. The van der Waals surface area contributed by atoms with Crippen LogP contribution in [-0.2, 0) is 5.41 Å². The molecule has 1 aliphatic rings. The van der Waals surface area contributed by atoms with Gasteiger partial charge in [0.15, 0.2) is 0 Å². The molecule has 5 rings (SSSR count). The molecule has 2 amide bonds. The van der Waals surface area contributed by atoms with Gasteiger partial charge in [-0.05, 0) is 50.1 Å². The van der Waals surface area contributed by atoms with Crippen molar-refractivity contribution in [1.29, 1.82) is 0 Å². The van der Waals surface area contributed by atoms with Gasteiger partial charge in [-0.25, -0.2) is 4.98 Å². The van der Waals surface area contributed by atoms with Crippen molar-refractivity contribution < 1.29 is 9.59 Å². The Kier molecular flexibility index (Phi) is 6.57. The van der Waals surface area contributed by atoms with Gasteiger partial charge in [0.05, 0.1) is 27.0 Å². The maximum atomic E-state index is 13.2. The van der Waals surface area contributed by atoms with E-state index in [1.165, 1.54) is 22.7 Å². The fourth-order valence-electron chi connectivity index (χ4n) is 4.35. The largest absolute Gasteiger partial charge is 0.339 e. The third-order valence-corrected chi connectivity index (χ3v) is 8.40. The number of rotatable bonds is 4. The van der Waals surface area contributed by atoms with Gasteiger partial charge in [0.2, 0.25) is 5.13 Å². The average Bonchev–Trinajstić information content (AvgIpc) is 3.52. The molecule has 1 N–H and O–H groups in total. The number of carbonyl (C=O) groups is 2. The fourth-order valence-corrected chi connectivity index (χ4v) is 5.86. The Balaban J connectivity index is 1.29. The van der Waals surface area contributed by atoms with Gasteiger partial charge in [-0.2, -0.15) is 0 Å². The lowest BCUT2D eigenvalue weighted by Gasteiger charge is -2.32. The summed E-state index contributed by atoms with van der Waals surface area (Å²) >= 11 is 2.92. The van der Waals surface area contributed by atoms with Gasteiger partial charge in [0, 0.05) is 35.7 Å². The zero-order chi connectivity index (χ0) is 25.4. The molecule has 4 aromatic rings. The molecule has 10 heteroatoms. The van der Waals surface area contributed by atoms with Crippen LogP contribution in [0.4, 0.5) is 5.13 Å². The molecule has 0 aliphatic carbocycles. The Bertz CT molecular complexity index is 1430. The van der Waals surface area contributed by atoms with Gasteiger partial charge >= 0.3 is 0 Å². The summed E-state index contributed by atoms with van der Waals surface area (Å²) in [6.45, 7) is 9.36. The number of aryl methyl sites for hydroxylation is 1. The first-order chi connectivity index (χ1) is 17.2. The van der Waals surface area contributed by atoms with E-state index in [9.17, 15) is 9.59 Å². The normalized spacial score (nSPS) is 14.8. The number of likely N-dealkylation sites (tertiary alicyclic amines) is 1. The molecule has 0 saturated carbocycles. The highest BCUT2D eigenvalue weighted by molar-refractivity contribution is 7.16. The minimum Gasteiger partial charge on any atom is -0.339 e. The lowest BCUT2D eigenvalue weighted by atomic mass is 9.89. The first-order valence-electron chi connectivity index (χ1n) is 11.9. The number of anilines is 1. The van der Waals surface area contributed by atoms with Crippen molar-refractivity contribution in [3.63, 3.8) is 0 Å². The molecule has 0 unspecified atom stereocenters. The molecule has 1 saturated heterocycles. The predicted octanol–water partition coefficient (Wildman–Crippen LogP) is 5.42. The minimum absolute atomic E-state index is 0.0323. The molecule has 0 bridgehead atoms. The summed E-state index contributed by atoms with van der Waals surface area (Å²) in [6.07, 6.45) is 1.50. The number of hydrogen-bond acceptors (Lipinski definition) is 8. The summed E-state index contributed by atoms with van der Waals surface area (Å²) in [5.74, 6) is -0.103. The van der Waals surface area contributed by atoms with Crippen LogP contribution in [0.15, 0.2) is 35.8 Å². The van der Waals surface area contributed by atoms with Crippen LogP contribution in [-0.4, -0.2) is 50.0 Å². The van der Waals surface area contributed by atoms with Crippen LogP contribution in [0.25, 0.3) is 10.2 Å². The highest BCUT2D eigenvalue weighted by atomic mass is 32.1. The maximum absolute atomic E-state index is 13.2. The SMILES string of the molecule is Cc1ccc(C(=O)Nc2nnc(C(C)(C)C)s2)c(C2CCN(C(=O)c3ccc4ncsc4c3)CC2)n1. The van der Waals surface area contributed by atoms with Gasteiger partial charge in [0.1, 0.15) is 5.01 Å². The highest BCUT2D eigenvalue weighted by Crippen LogP contribution is 2.32. The van der Waals surface area contributed by atoms with Crippen LogP contribution >= 0.6 is 22.7 Å². The molecule has 8 nitrogen and oxygen atoms in total. The first kappa shape index (κ1) is 24.5. The second kappa shape index (κ2) is 9.67. The van der Waals surface area contributed by atoms with Gasteiger partial charge in [-0.1, -0.05) is 32.1 Å². The van der Waals surface area contributed by atoms with Crippen molar-refractivity contribution in [3.8, 4) is 0 Å². The molecule has 36 heavy (non-hydrogen) atoms. The van der Waals surface area contributed by atoms with E-state index in [-0.39, 0.29) is 23.1 Å². The van der Waals surface area contributed by atoms with Gasteiger partial charge < -0.3 is 4.90 Å². The molecule has 0 radical (unpaired) electrons. The second-order valence-electron chi connectivity index (χ2n) is 10.1. The molecule has 0 spiro atoms. The van der Waals surface area contributed by atoms with E-state index in [0.29, 0.717) is 29.3 Å². The lowest BCUT2D eigenvalue weighted by Crippen LogP contribution is -2.38. The molecular formula is C26H28N6O2S2. The predicted molar refractivity (Wildman–Crippen MR) is 143 cm³/mol. The van der Waals surface area contributed by atoms with E-state index in [4.69, 9.17) is 4.98 Å². The van der Waals surface area contributed by atoms with E-state index < -0.39 is 0 Å². The van der Waals surface area contributed by atoms with Crippen LogP contribution < -0.4 is 5.32 Å². The van der Waals surface area contributed by atoms with Gasteiger partial charge in [0.25, 0.3) is 11.8 Å². The van der Waals surface area contributed by atoms with E-state index in [1.807, 2.05) is 42.2 Å². The monoisotopic (exact) mass is 520 g/mol. The van der Waals surface area contributed by atoms with E-state index in [0.717, 1.165) is 39.5 Å². The van der Waals surface area contributed by atoms with Gasteiger partial charge in [-0.3, -0.25) is 19.9 Å². The third-order valence-electron chi connectivity index (χ3n) is 6.34. The fraction of sp³-hybridized carbons (Fsp3) is 0.385. The Labute approximate surface area is 217 Å². The number of thiazole rings is 1. The van der Waals surface area contributed by atoms with Crippen molar-refractivity contribution >= 4 is 49.8 Å². The van der Waals surface area contributed by atoms with Crippen molar-refractivity contribution in [2.45, 2.75) is 51.9 Å². The molecule has 3 aromatic heterocycles. The lowest BCUT2D eigenvalue weighted by molar-refractivity contribution is 0.0711. The molecule has 4 heterocycles. The maximum Gasteiger partial charge on any atom is 0.259 e. The number of piperidine rings is 1.